The van der Waals surface area contributed by atoms with Crippen LogP contribution in [0, 0.1) is 0 Å². The highest BCUT2D eigenvalue weighted by molar-refractivity contribution is 7.80. The van der Waals surface area contributed by atoms with Gasteiger partial charge in [-0.15, -0.1) is 15.0 Å². The normalized spacial score (nSPS) is 10.8. The minimum absolute atomic E-state index is 0.128. The molecular formula is C26H21N5O3S. The lowest BCUT2D eigenvalue weighted by Crippen LogP contribution is -2.34. The number of anilines is 1. The number of hydrogen-bond donors (Lipinski definition) is 2. The molecular weight excluding hydrogens is 462 g/mol. The molecule has 4 aromatic carbocycles. The van der Waals surface area contributed by atoms with Crippen molar-refractivity contribution in [2.45, 2.75) is 0 Å². The molecule has 0 fully saturated rings. The second-order valence-corrected chi connectivity index (χ2v) is 8.05. The summed E-state index contributed by atoms with van der Waals surface area (Å²) in [6.45, 7) is 0. The maximum atomic E-state index is 12.9. The zero-order valence-electron chi connectivity index (χ0n) is 19.0. The Morgan fingerprint density at radius 2 is 1.54 bits per heavy atom. The molecule has 0 unspecified atom stereocenters. The first-order valence-electron chi connectivity index (χ1n) is 10.8. The van der Waals surface area contributed by atoms with E-state index in [-0.39, 0.29) is 10.7 Å². The number of ether oxygens (including phenoxy) is 2. The fourth-order valence-electron chi connectivity index (χ4n) is 3.89. The van der Waals surface area contributed by atoms with Crippen molar-refractivity contribution in [3.63, 3.8) is 0 Å². The van der Waals surface area contributed by atoms with Gasteiger partial charge in [-0.1, -0.05) is 42.5 Å². The summed E-state index contributed by atoms with van der Waals surface area (Å²) in [6, 6.07) is 24.7. The number of benzene rings is 4. The Labute approximate surface area is 206 Å². The second-order valence-electron chi connectivity index (χ2n) is 7.64. The van der Waals surface area contributed by atoms with Gasteiger partial charge in [-0.2, -0.15) is 0 Å². The zero-order chi connectivity index (χ0) is 24.4. The number of aromatic nitrogens is 3. The van der Waals surface area contributed by atoms with Gasteiger partial charge in [-0.05, 0) is 54.0 Å². The average molecular weight is 484 g/mol. The monoisotopic (exact) mass is 483 g/mol. The first kappa shape index (κ1) is 22.3. The molecule has 0 radical (unpaired) electrons. The smallest absolute Gasteiger partial charge is 0.264 e. The van der Waals surface area contributed by atoms with Crippen molar-refractivity contribution < 1.29 is 14.3 Å². The number of nitrogens with one attached hydrogen (secondary N) is 2. The van der Waals surface area contributed by atoms with Crippen LogP contribution >= 0.6 is 12.2 Å². The van der Waals surface area contributed by atoms with Crippen molar-refractivity contribution in [1.29, 1.82) is 0 Å². The molecule has 1 amide bonds. The molecule has 1 heterocycles. The van der Waals surface area contributed by atoms with Crippen LogP contribution in [0.5, 0.6) is 11.5 Å². The quantitative estimate of drug-likeness (QED) is 0.350. The highest BCUT2D eigenvalue weighted by Gasteiger charge is 2.19. The third-order valence-electron chi connectivity index (χ3n) is 5.50. The van der Waals surface area contributed by atoms with Gasteiger partial charge in [-0.3, -0.25) is 10.1 Å². The Hall–Kier alpha value is -4.50. The summed E-state index contributed by atoms with van der Waals surface area (Å²) in [4.78, 5) is 14.5. The van der Waals surface area contributed by atoms with Gasteiger partial charge in [0.15, 0.2) is 5.11 Å². The lowest BCUT2D eigenvalue weighted by atomic mass is 10.1. The van der Waals surface area contributed by atoms with Gasteiger partial charge in [0.05, 0.1) is 19.9 Å². The highest BCUT2D eigenvalue weighted by Crippen LogP contribution is 2.28. The molecule has 174 valence electrons. The van der Waals surface area contributed by atoms with E-state index in [1.807, 2.05) is 48.5 Å². The van der Waals surface area contributed by atoms with Gasteiger partial charge < -0.3 is 14.8 Å². The number of methoxy groups -OCH3 is 2. The van der Waals surface area contributed by atoms with E-state index in [4.69, 9.17) is 21.7 Å². The SMILES string of the molecule is COc1cccc(OC)c1C(=O)NC(=S)Nc1ccc2nn(-c3cccc4ccccc34)nc2c1. The van der Waals surface area contributed by atoms with Gasteiger partial charge in [0, 0.05) is 11.1 Å². The molecule has 0 aliphatic carbocycles. The maximum Gasteiger partial charge on any atom is 0.264 e. The Balaban J connectivity index is 1.37. The molecule has 0 aliphatic rings. The van der Waals surface area contributed by atoms with Crippen LogP contribution in [0.3, 0.4) is 0 Å². The van der Waals surface area contributed by atoms with Crippen molar-refractivity contribution in [1.82, 2.24) is 20.3 Å². The Bertz CT molecular complexity index is 1550. The van der Waals surface area contributed by atoms with E-state index in [9.17, 15) is 4.79 Å². The van der Waals surface area contributed by atoms with Crippen LogP contribution in [0.2, 0.25) is 0 Å². The molecule has 5 rings (SSSR count). The fourth-order valence-corrected chi connectivity index (χ4v) is 4.10. The zero-order valence-corrected chi connectivity index (χ0v) is 19.8. The van der Waals surface area contributed by atoms with E-state index in [0.29, 0.717) is 22.7 Å². The van der Waals surface area contributed by atoms with E-state index >= 15 is 0 Å². The lowest BCUT2D eigenvalue weighted by Gasteiger charge is -2.14. The topological polar surface area (TPSA) is 90.3 Å². The lowest BCUT2D eigenvalue weighted by molar-refractivity contribution is 0.0971. The molecule has 0 saturated heterocycles. The molecule has 5 aromatic rings. The molecule has 0 atom stereocenters. The third kappa shape index (κ3) is 4.36. The number of thiocarbonyl (C=S) groups is 1. The average Bonchev–Trinajstić information content (AvgIpc) is 3.30. The summed E-state index contributed by atoms with van der Waals surface area (Å²) >= 11 is 5.36. The van der Waals surface area contributed by atoms with Crippen molar-refractivity contribution in [3.8, 4) is 17.2 Å². The van der Waals surface area contributed by atoms with E-state index in [0.717, 1.165) is 22.0 Å². The standard InChI is InChI=1S/C26H21N5O3S/c1-33-22-11-6-12-23(34-2)24(22)25(32)28-26(35)27-17-13-14-19-20(15-17)30-31(29-19)21-10-5-8-16-7-3-4-9-18(16)21/h3-15H,1-2H3,(H2,27,28,32,35). The first-order valence-corrected chi connectivity index (χ1v) is 11.2. The van der Waals surface area contributed by atoms with Gasteiger partial charge in [0.2, 0.25) is 0 Å². The Morgan fingerprint density at radius 1 is 0.857 bits per heavy atom. The number of hydrogen-bond acceptors (Lipinski definition) is 6. The maximum absolute atomic E-state index is 12.9. The molecule has 2 N–H and O–H groups in total. The van der Waals surface area contributed by atoms with E-state index in [2.05, 4.69) is 33.0 Å². The predicted molar refractivity (Wildman–Crippen MR) is 140 cm³/mol. The van der Waals surface area contributed by atoms with Crippen LogP contribution < -0.4 is 20.1 Å². The summed E-state index contributed by atoms with van der Waals surface area (Å²) in [6.07, 6.45) is 0. The molecule has 1 aromatic heterocycles. The predicted octanol–water partition coefficient (Wildman–Crippen LogP) is 4.72. The number of fused-ring (bicyclic) bond motifs is 2. The number of amides is 1. The van der Waals surface area contributed by atoms with Crippen LogP contribution in [0.1, 0.15) is 10.4 Å². The molecule has 0 saturated carbocycles. The minimum Gasteiger partial charge on any atom is -0.496 e. The molecule has 0 aliphatic heterocycles. The van der Waals surface area contributed by atoms with Crippen molar-refractivity contribution in [2.75, 3.05) is 19.5 Å². The van der Waals surface area contributed by atoms with Crippen LogP contribution in [0.25, 0.3) is 27.5 Å². The van der Waals surface area contributed by atoms with E-state index < -0.39 is 5.91 Å². The molecule has 0 bridgehead atoms. The van der Waals surface area contributed by atoms with Crippen LogP contribution in [-0.2, 0) is 0 Å². The third-order valence-corrected chi connectivity index (χ3v) is 5.71. The summed E-state index contributed by atoms with van der Waals surface area (Å²) in [5, 5.41) is 17.3. The Kier molecular flexibility index (Phi) is 5.99. The van der Waals surface area contributed by atoms with E-state index in [1.165, 1.54) is 14.2 Å². The molecule has 35 heavy (non-hydrogen) atoms. The minimum atomic E-state index is -0.445. The highest BCUT2D eigenvalue weighted by atomic mass is 32.1. The number of rotatable bonds is 5. The summed E-state index contributed by atoms with van der Waals surface area (Å²) < 4.78 is 10.6. The molecule has 9 heteroatoms. The van der Waals surface area contributed by atoms with Crippen LogP contribution in [0.15, 0.2) is 78.9 Å². The second kappa shape index (κ2) is 9.40. The number of carbonyl (C=O) groups excluding carboxylic acids is 1. The van der Waals surface area contributed by atoms with Gasteiger partial charge in [-0.25, -0.2) is 0 Å². The summed E-state index contributed by atoms with van der Waals surface area (Å²) in [5.74, 6) is 0.326. The van der Waals surface area contributed by atoms with Gasteiger partial charge in [0.25, 0.3) is 5.91 Å². The van der Waals surface area contributed by atoms with Crippen LogP contribution in [0.4, 0.5) is 5.69 Å². The summed E-state index contributed by atoms with van der Waals surface area (Å²) in [5.41, 5.74) is 3.23. The first-order chi connectivity index (χ1) is 17.1. The largest absolute Gasteiger partial charge is 0.496 e. The van der Waals surface area contributed by atoms with Crippen LogP contribution in [-0.4, -0.2) is 40.2 Å². The van der Waals surface area contributed by atoms with Gasteiger partial charge in [0.1, 0.15) is 28.1 Å². The van der Waals surface area contributed by atoms with Crippen molar-refractivity contribution in [2.24, 2.45) is 0 Å². The molecule has 8 nitrogen and oxygen atoms in total. The molecule has 0 spiro atoms. The Morgan fingerprint density at radius 3 is 2.31 bits per heavy atom. The van der Waals surface area contributed by atoms with Crippen molar-refractivity contribution in [3.05, 3.63) is 84.4 Å². The van der Waals surface area contributed by atoms with Gasteiger partial charge >= 0.3 is 0 Å². The fraction of sp³-hybridized carbons (Fsp3) is 0.0769. The summed E-state index contributed by atoms with van der Waals surface area (Å²) in [7, 11) is 2.98. The number of nitrogens with zero attached hydrogens (tertiary/aromatic N) is 3. The van der Waals surface area contributed by atoms with E-state index in [1.54, 1.807) is 23.0 Å². The van der Waals surface area contributed by atoms with Crippen molar-refractivity contribution >= 4 is 50.7 Å². The number of carbonyl (C=O) groups is 1.